The number of ether oxygens (including phenoxy) is 3. The number of esters is 1. The molecule has 2 aliphatic carbocycles. The van der Waals surface area contributed by atoms with Crippen molar-refractivity contribution >= 4 is 27.9 Å². The summed E-state index contributed by atoms with van der Waals surface area (Å²) in [7, 11) is 0. The second kappa shape index (κ2) is 12.9. The van der Waals surface area contributed by atoms with Crippen LogP contribution >= 0.6 is 0 Å². The number of carbonyl (C=O) groups excluding carboxylic acids is 1. The Bertz CT molecular complexity index is 2720. The third kappa shape index (κ3) is 5.48. The second-order valence-corrected chi connectivity index (χ2v) is 15.5. The fraction of sp³-hybridized carbons (Fsp3) is 0.180. The Hall–Kier alpha value is -6.33. The highest BCUT2D eigenvalue weighted by Crippen LogP contribution is 2.52. The minimum absolute atomic E-state index is 0.141. The lowest BCUT2D eigenvalue weighted by molar-refractivity contribution is -0.137. The fourth-order valence-electron chi connectivity index (χ4n) is 8.80. The summed E-state index contributed by atoms with van der Waals surface area (Å²) in [5.41, 5.74) is 15.4. The van der Waals surface area contributed by atoms with Gasteiger partial charge in [-0.1, -0.05) is 114 Å². The Balaban J connectivity index is 1.18. The molecule has 7 aromatic rings. The van der Waals surface area contributed by atoms with Gasteiger partial charge in [0.25, 0.3) is 0 Å². The monoisotopic (exact) mass is 722 g/mol. The van der Waals surface area contributed by atoms with Crippen LogP contribution in [0.1, 0.15) is 56.4 Å². The molecule has 1 aromatic heterocycles. The molecule has 0 spiro atoms. The molecular formula is C50H42O5. The first-order valence-electron chi connectivity index (χ1n) is 18.8. The predicted molar refractivity (Wildman–Crippen MR) is 222 cm³/mol. The Kier molecular flexibility index (Phi) is 8.09. The molecule has 0 saturated carbocycles. The Morgan fingerprint density at radius 3 is 1.65 bits per heavy atom. The first-order valence-corrected chi connectivity index (χ1v) is 18.8. The third-order valence-corrected chi connectivity index (χ3v) is 11.6. The van der Waals surface area contributed by atoms with Gasteiger partial charge in [-0.05, 0) is 79.9 Å². The van der Waals surface area contributed by atoms with Crippen molar-refractivity contribution in [3.63, 3.8) is 0 Å². The van der Waals surface area contributed by atoms with Crippen molar-refractivity contribution in [2.75, 3.05) is 13.2 Å². The summed E-state index contributed by atoms with van der Waals surface area (Å²) in [5, 5.41) is 1.95. The van der Waals surface area contributed by atoms with Crippen LogP contribution in [0.5, 0.6) is 11.5 Å². The molecular weight excluding hydrogens is 681 g/mol. The molecule has 1 heterocycles. The van der Waals surface area contributed by atoms with Gasteiger partial charge in [0.05, 0.1) is 19.5 Å². The molecule has 0 atom stereocenters. The summed E-state index contributed by atoms with van der Waals surface area (Å²) < 4.78 is 24.3. The van der Waals surface area contributed by atoms with Gasteiger partial charge in [-0.3, -0.25) is 0 Å². The molecule has 0 amide bonds. The maximum Gasteiger partial charge on any atom is 0.330 e. The first-order chi connectivity index (χ1) is 26.6. The van der Waals surface area contributed by atoms with Crippen LogP contribution in [0.2, 0.25) is 0 Å². The van der Waals surface area contributed by atoms with Crippen molar-refractivity contribution < 1.29 is 23.4 Å². The van der Waals surface area contributed by atoms with Gasteiger partial charge in [-0.15, -0.1) is 0 Å². The van der Waals surface area contributed by atoms with Crippen LogP contribution in [0.25, 0.3) is 66.4 Å². The lowest BCUT2D eigenvalue weighted by atomic mass is 9.81. The molecule has 272 valence electrons. The van der Waals surface area contributed by atoms with Gasteiger partial charge in [-0.25, -0.2) is 4.79 Å². The summed E-state index contributed by atoms with van der Waals surface area (Å²) in [6.45, 7) is 17.1. The van der Waals surface area contributed by atoms with Crippen LogP contribution in [-0.4, -0.2) is 19.2 Å². The summed E-state index contributed by atoms with van der Waals surface area (Å²) in [4.78, 5) is 11.6. The Morgan fingerprint density at radius 2 is 1.11 bits per heavy atom. The summed E-state index contributed by atoms with van der Waals surface area (Å²) in [6.07, 6.45) is 3.16. The minimum Gasteiger partial charge on any atom is -0.493 e. The zero-order valence-corrected chi connectivity index (χ0v) is 31.6. The zero-order valence-electron chi connectivity index (χ0n) is 31.6. The topological polar surface area (TPSA) is 57.9 Å². The molecule has 0 radical (unpaired) electrons. The molecule has 6 aromatic carbocycles. The van der Waals surface area contributed by atoms with Crippen molar-refractivity contribution in [2.45, 2.75) is 44.9 Å². The lowest BCUT2D eigenvalue weighted by Crippen LogP contribution is -2.14. The van der Waals surface area contributed by atoms with Gasteiger partial charge >= 0.3 is 5.97 Å². The number of hydrogen-bond acceptors (Lipinski definition) is 5. The van der Waals surface area contributed by atoms with E-state index >= 15 is 0 Å². The minimum atomic E-state index is -0.445. The van der Waals surface area contributed by atoms with Crippen LogP contribution in [-0.2, 0) is 20.4 Å². The zero-order chi connectivity index (χ0) is 38.1. The SMILES string of the molecule is C=COc1cc2oc3cc(OCCCOC(=O)C=C)c(-c4ccc5c(c4)C(C)(C)c4ccccc4-5)cc3c2cc1-c1ccc2c(c1)C(C)(C)c1ccccc1-2. The molecule has 9 rings (SSSR count). The fourth-order valence-corrected chi connectivity index (χ4v) is 8.80. The molecule has 0 bridgehead atoms. The first kappa shape index (κ1) is 34.4. The molecule has 2 aliphatic rings. The van der Waals surface area contributed by atoms with E-state index in [1.165, 1.54) is 56.8 Å². The smallest absolute Gasteiger partial charge is 0.330 e. The van der Waals surface area contributed by atoms with Crippen molar-refractivity contribution in [1.29, 1.82) is 0 Å². The van der Waals surface area contributed by atoms with Gasteiger partial charge in [0.2, 0.25) is 0 Å². The third-order valence-electron chi connectivity index (χ3n) is 11.6. The van der Waals surface area contributed by atoms with E-state index in [-0.39, 0.29) is 17.4 Å². The van der Waals surface area contributed by atoms with E-state index in [1.54, 1.807) is 0 Å². The highest BCUT2D eigenvalue weighted by atomic mass is 16.5. The predicted octanol–water partition coefficient (Wildman–Crippen LogP) is 12.6. The van der Waals surface area contributed by atoms with E-state index in [9.17, 15) is 4.79 Å². The molecule has 5 heteroatoms. The van der Waals surface area contributed by atoms with Gasteiger partial charge < -0.3 is 18.6 Å². The molecule has 0 aliphatic heterocycles. The number of hydrogen-bond donors (Lipinski definition) is 0. The molecule has 0 fully saturated rings. The van der Waals surface area contributed by atoms with Crippen LogP contribution in [0.3, 0.4) is 0 Å². The maximum absolute atomic E-state index is 11.6. The molecule has 5 nitrogen and oxygen atoms in total. The Labute approximate surface area is 321 Å². The molecule has 0 N–H and O–H groups in total. The maximum atomic E-state index is 11.6. The van der Waals surface area contributed by atoms with Crippen molar-refractivity contribution in [1.82, 2.24) is 0 Å². The van der Waals surface area contributed by atoms with E-state index in [2.05, 4.69) is 138 Å². The highest BCUT2D eigenvalue weighted by molar-refractivity contribution is 6.09. The number of rotatable bonds is 10. The van der Waals surface area contributed by atoms with Crippen LogP contribution in [0, 0.1) is 0 Å². The summed E-state index contributed by atoms with van der Waals surface area (Å²) in [6, 6.07) is 39.1. The summed E-state index contributed by atoms with van der Waals surface area (Å²) >= 11 is 0. The molecule has 0 saturated heterocycles. The standard InChI is InChI=1S/C50H42O5/c1-7-48(51)54-23-13-22-53-45-29-47-39(27-37(45)31-19-21-35-33-15-10-12-17-41(33)50(5,6)43(35)25-31)38-26-36(44(52-8-2)28-46(38)55-47)30-18-20-34-32-14-9-11-16-40(32)49(3,4)42(34)24-30/h7-12,14-21,24-29H,1-2,13,22-23H2,3-6H3. The number of furan rings is 1. The quantitative estimate of drug-likeness (QED) is 0.0609. The average molecular weight is 723 g/mol. The van der Waals surface area contributed by atoms with E-state index in [0.29, 0.717) is 35.7 Å². The van der Waals surface area contributed by atoms with E-state index in [0.717, 1.165) is 33.0 Å². The normalized spacial score (nSPS) is 14.2. The van der Waals surface area contributed by atoms with E-state index in [4.69, 9.17) is 18.6 Å². The number of carbonyl (C=O) groups is 1. The lowest BCUT2D eigenvalue weighted by Gasteiger charge is -2.22. The number of benzene rings is 6. The molecule has 0 unspecified atom stereocenters. The van der Waals surface area contributed by atoms with Gasteiger partial charge in [0.1, 0.15) is 22.7 Å². The van der Waals surface area contributed by atoms with Crippen LogP contribution in [0.15, 0.2) is 139 Å². The van der Waals surface area contributed by atoms with Crippen LogP contribution < -0.4 is 9.47 Å². The van der Waals surface area contributed by atoms with Crippen LogP contribution in [0.4, 0.5) is 0 Å². The highest BCUT2D eigenvalue weighted by Gasteiger charge is 2.37. The molecule has 55 heavy (non-hydrogen) atoms. The van der Waals surface area contributed by atoms with E-state index < -0.39 is 5.97 Å². The largest absolute Gasteiger partial charge is 0.493 e. The van der Waals surface area contributed by atoms with Crippen molar-refractivity contribution in [3.8, 4) is 56.0 Å². The second-order valence-electron chi connectivity index (χ2n) is 15.5. The van der Waals surface area contributed by atoms with Gasteiger partial charge in [-0.2, -0.15) is 0 Å². The van der Waals surface area contributed by atoms with Gasteiger partial charge in [0.15, 0.2) is 0 Å². The van der Waals surface area contributed by atoms with Crippen molar-refractivity contribution in [2.24, 2.45) is 0 Å². The van der Waals surface area contributed by atoms with Crippen molar-refractivity contribution in [3.05, 3.63) is 157 Å². The number of fused-ring (bicyclic) bond motifs is 9. The average Bonchev–Trinajstić information content (AvgIpc) is 3.75. The van der Waals surface area contributed by atoms with E-state index in [1.807, 2.05) is 12.1 Å². The summed E-state index contributed by atoms with van der Waals surface area (Å²) in [5.74, 6) is 0.915. The van der Waals surface area contributed by atoms with Gasteiger partial charge in [0, 0.05) is 57.4 Å². The Morgan fingerprint density at radius 1 is 0.600 bits per heavy atom.